The quantitative estimate of drug-likeness (QED) is 0.441. The van der Waals surface area contributed by atoms with E-state index in [4.69, 9.17) is 16.3 Å². The molecule has 2 aromatic heterocycles. The Morgan fingerprint density at radius 1 is 1.46 bits per heavy atom. The number of aromatic nitrogens is 2. The Bertz CT molecular complexity index is 951. The van der Waals surface area contributed by atoms with Gasteiger partial charge in [-0.2, -0.15) is 10.2 Å². The zero-order chi connectivity index (χ0) is 18.5. The monoisotopic (exact) mass is 390 g/mol. The standard InChI is InChI=1S/C17H15ClN4O3S/c1-2-25-13-5-3-4-10(16(13)23)9-19-22-17(24)12-8-11(20-21-12)14-6-7-15(18)26-14/h3-9,23H,2H2,1H3,(H,20,21)(H,22,24)/b19-9-. The zero-order valence-electron chi connectivity index (χ0n) is 13.7. The van der Waals surface area contributed by atoms with E-state index < -0.39 is 5.91 Å². The molecular formula is C17H15ClN4O3S. The molecule has 3 rings (SSSR count). The molecule has 0 aliphatic rings. The molecule has 0 bridgehead atoms. The highest BCUT2D eigenvalue weighted by atomic mass is 35.5. The van der Waals surface area contributed by atoms with E-state index in [9.17, 15) is 9.90 Å². The van der Waals surface area contributed by atoms with Gasteiger partial charge in [-0.3, -0.25) is 9.89 Å². The van der Waals surface area contributed by atoms with Gasteiger partial charge >= 0.3 is 0 Å². The van der Waals surface area contributed by atoms with Gasteiger partial charge in [-0.25, -0.2) is 5.43 Å². The van der Waals surface area contributed by atoms with E-state index in [1.807, 2.05) is 13.0 Å². The summed E-state index contributed by atoms with van der Waals surface area (Å²) in [5.74, 6) is -0.162. The molecule has 7 nitrogen and oxygen atoms in total. The lowest BCUT2D eigenvalue weighted by Gasteiger charge is -2.06. The van der Waals surface area contributed by atoms with Crippen molar-refractivity contribution in [3.05, 3.63) is 52.0 Å². The number of phenolic OH excluding ortho intramolecular Hbond substituents is 1. The molecule has 9 heteroatoms. The number of rotatable bonds is 6. The number of nitrogens with one attached hydrogen (secondary N) is 2. The van der Waals surface area contributed by atoms with Crippen LogP contribution < -0.4 is 10.2 Å². The largest absolute Gasteiger partial charge is 0.504 e. The molecule has 0 atom stereocenters. The number of halogens is 1. The first-order chi connectivity index (χ1) is 12.6. The number of hydrogen-bond acceptors (Lipinski definition) is 6. The molecule has 26 heavy (non-hydrogen) atoms. The second-order valence-corrected chi connectivity index (χ2v) is 6.81. The number of hydrazone groups is 1. The Morgan fingerprint density at radius 3 is 3.04 bits per heavy atom. The van der Waals surface area contributed by atoms with Crippen molar-refractivity contribution in [2.75, 3.05) is 6.61 Å². The number of phenols is 1. The number of para-hydroxylation sites is 1. The van der Waals surface area contributed by atoms with Gasteiger partial charge in [-0.15, -0.1) is 11.3 Å². The number of carbonyl (C=O) groups is 1. The summed E-state index contributed by atoms with van der Waals surface area (Å²) in [4.78, 5) is 13.0. The SMILES string of the molecule is CCOc1cccc(/C=N\NC(=O)c2cc(-c3ccc(Cl)s3)[nH]n2)c1O. The molecule has 0 aliphatic heterocycles. The Hall–Kier alpha value is -2.84. The molecular weight excluding hydrogens is 376 g/mol. The minimum Gasteiger partial charge on any atom is -0.504 e. The van der Waals surface area contributed by atoms with E-state index in [0.29, 0.717) is 28.0 Å². The number of aromatic amines is 1. The third-order valence-electron chi connectivity index (χ3n) is 3.35. The lowest BCUT2D eigenvalue weighted by Crippen LogP contribution is -2.18. The van der Waals surface area contributed by atoms with Crippen molar-refractivity contribution in [2.45, 2.75) is 6.92 Å². The number of hydrogen-bond donors (Lipinski definition) is 3. The first-order valence-corrected chi connectivity index (χ1v) is 8.87. The number of benzene rings is 1. The van der Waals surface area contributed by atoms with Gasteiger partial charge in [0.1, 0.15) is 0 Å². The van der Waals surface area contributed by atoms with E-state index in [-0.39, 0.29) is 11.4 Å². The van der Waals surface area contributed by atoms with Crippen LogP contribution >= 0.6 is 22.9 Å². The fourth-order valence-electron chi connectivity index (χ4n) is 2.16. The van der Waals surface area contributed by atoms with Crippen LogP contribution in [0, 0.1) is 0 Å². The van der Waals surface area contributed by atoms with E-state index >= 15 is 0 Å². The van der Waals surface area contributed by atoms with Gasteiger partial charge in [0.05, 0.1) is 27.7 Å². The van der Waals surface area contributed by atoms with Crippen LogP contribution in [0.25, 0.3) is 10.6 Å². The highest BCUT2D eigenvalue weighted by Gasteiger charge is 2.12. The second-order valence-electron chi connectivity index (χ2n) is 5.10. The molecule has 1 amide bonds. The Balaban J connectivity index is 1.67. The molecule has 3 aromatic rings. The van der Waals surface area contributed by atoms with Gasteiger partial charge < -0.3 is 9.84 Å². The number of H-pyrrole nitrogens is 1. The first kappa shape index (κ1) is 18.0. The predicted molar refractivity (Wildman–Crippen MR) is 101 cm³/mol. The summed E-state index contributed by atoms with van der Waals surface area (Å²) in [5.41, 5.74) is 3.67. The van der Waals surface area contributed by atoms with Gasteiger partial charge in [0.25, 0.3) is 5.91 Å². The minimum absolute atomic E-state index is 0.0380. The lowest BCUT2D eigenvalue weighted by atomic mass is 10.2. The van der Waals surface area contributed by atoms with Crippen molar-refractivity contribution in [1.29, 1.82) is 0 Å². The summed E-state index contributed by atoms with van der Waals surface area (Å²) in [6.45, 7) is 2.25. The van der Waals surface area contributed by atoms with E-state index in [0.717, 1.165) is 4.88 Å². The molecule has 0 saturated carbocycles. The van der Waals surface area contributed by atoms with Gasteiger partial charge in [-0.1, -0.05) is 17.7 Å². The molecule has 0 unspecified atom stereocenters. The molecule has 0 aliphatic carbocycles. The number of ether oxygens (including phenoxy) is 1. The summed E-state index contributed by atoms with van der Waals surface area (Å²) in [6, 6.07) is 10.3. The average Bonchev–Trinajstić information content (AvgIpc) is 3.27. The fraction of sp³-hybridized carbons (Fsp3) is 0.118. The van der Waals surface area contributed by atoms with Gasteiger partial charge in [0.2, 0.25) is 0 Å². The molecule has 2 heterocycles. The summed E-state index contributed by atoms with van der Waals surface area (Å²) in [5, 5.41) is 20.7. The first-order valence-electron chi connectivity index (χ1n) is 7.67. The van der Waals surface area contributed by atoms with Crippen LogP contribution in [0.1, 0.15) is 23.0 Å². The van der Waals surface area contributed by atoms with Crippen molar-refractivity contribution in [3.63, 3.8) is 0 Å². The number of amides is 1. The van der Waals surface area contributed by atoms with Crippen molar-refractivity contribution in [3.8, 4) is 22.1 Å². The third kappa shape index (κ3) is 4.04. The van der Waals surface area contributed by atoms with Crippen molar-refractivity contribution in [1.82, 2.24) is 15.6 Å². The maximum absolute atomic E-state index is 12.1. The Labute approximate surface area is 158 Å². The van der Waals surface area contributed by atoms with Crippen LogP contribution in [-0.2, 0) is 0 Å². The van der Waals surface area contributed by atoms with Crippen molar-refractivity contribution >= 4 is 35.1 Å². The number of nitrogens with zero attached hydrogens (tertiary/aromatic N) is 2. The van der Waals surface area contributed by atoms with E-state index in [2.05, 4.69) is 20.7 Å². The summed E-state index contributed by atoms with van der Waals surface area (Å²) < 4.78 is 5.95. The topological polar surface area (TPSA) is 99.6 Å². The van der Waals surface area contributed by atoms with E-state index in [1.165, 1.54) is 17.6 Å². The highest BCUT2D eigenvalue weighted by molar-refractivity contribution is 7.19. The molecule has 3 N–H and O–H groups in total. The summed E-state index contributed by atoms with van der Waals surface area (Å²) >= 11 is 7.29. The molecule has 0 spiro atoms. The molecule has 0 saturated heterocycles. The average molecular weight is 391 g/mol. The van der Waals surface area contributed by atoms with Crippen LogP contribution in [0.5, 0.6) is 11.5 Å². The van der Waals surface area contributed by atoms with Crippen molar-refractivity contribution < 1.29 is 14.6 Å². The van der Waals surface area contributed by atoms with Crippen LogP contribution in [0.2, 0.25) is 4.34 Å². The Morgan fingerprint density at radius 2 is 2.31 bits per heavy atom. The number of aromatic hydroxyl groups is 1. The van der Waals surface area contributed by atoms with Crippen LogP contribution in [0.15, 0.2) is 41.5 Å². The maximum Gasteiger partial charge on any atom is 0.291 e. The van der Waals surface area contributed by atoms with Gasteiger partial charge in [0, 0.05) is 5.56 Å². The Kier molecular flexibility index (Phi) is 5.55. The van der Waals surface area contributed by atoms with Crippen LogP contribution in [0.4, 0.5) is 0 Å². The van der Waals surface area contributed by atoms with Crippen LogP contribution in [-0.4, -0.2) is 34.0 Å². The highest BCUT2D eigenvalue weighted by Crippen LogP contribution is 2.30. The summed E-state index contributed by atoms with van der Waals surface area (Å²) in [6.07, 6.45) is 1.34. The van der Waals surface area contributed by atoms with Gasteiger partial charge in [-0.05, 0) is 37.3 Å². The number of carbonyl (C=O) groups excluding carboxylic acids is 1. The fourth-order valence-corrected chi connectivity index (χ4v) is 3.17. The van der Waals surface area contributed by atoms with Crippen LogP contribution in [0.3, 0.4) is 0 Å². The van der Waals surface area contributed by atoms with E-state index in [1.54, 1.807) is 30.3 Å². The van der Waals surface area contributed by atoms with Crippen molar-refractivity contribution in [2.24, 2.45) is 5.10 Å². The predicted octanol–water partition coefficient (Wildman–Crippen LogP) is 3.66. The lowest BCUT2D eigenvalue weighted by molar-refractivity contribution is 0.0950. The molecule has 134 valence electrons. The zero-order valence-corrected chi connectivity index (χ0v) is 15.3. The smallest absolute Gasteiger partial charge is 0.291 e. The second kappa shape index (κ2) is 8.03. The number of thiophene rings is 1. The van der Waals surface area contributed by atoms with Gasteiger partial charge in [0.15, 0.2) is 17.2 Å². The minimum atomic E-state index is -0.480. The molecule has 0 fully saturated rings. The third-order valence-corrected chi connectivity index (χ3v) is 4.61. The summed E-state index contributed by atoms with van der Waals surface area (Å²) in [7, 11) is 0. The molecule has 0 radical (unpaired) electrons. The molecule has 1 aromatic carbocycles. The maximum atomic E-state index is 12.1. The normalized spacial score (nSPS) is 11.0.